The zero-order chi connectivity index (χ0) is 17.9. The fourth-order valence-electron chi connectivity index (χ4n) is 3.13. The Bertz CT molecular complexity index is 1020. The lowest BCUT2D eigenvalue weighted by Crippen LogP contribution is -2.23. The molecule has 0 spiro atoms. The summed E-state index contributed by atoms with van der Waals surface area (Å²) < 4.78 is 1.83. The first-order valence-corrected chi connectivity index (χ1v) is 8.79. The van der Waals surface area contributed by atoms with Gasteiger partial charge in [-0.15, -0.1) is 0 Å². The van der Waals surface area contributed by atoms with Crippen LogP contribution in [0.15, 0.2) is 67.0 Å². The Morgan fingerprint density at radius 3 is 2.46 bits per heavy atom. The van der Waals surface area contributed by atoms with E-state index < -0.39 is 0 Å². The monoisotopic (exact) mass is 343 g/mol. The van der Waals surface area contributed by atoms with Crippen molar-refractivity contribution < 1.29 is 0 Å². The van der Waals surface area contributed by atoms with Gasteiger partial charge in [-0.3, -0.25) is 4.68 Å². The summed E-state index contributed by atoms with van der Waals surface area (Å²) in [5.41, 5.74) is 3.15. The van der Waals surface area contributed by atoms with E-state index in [0.29, 0.717) is 0 Å². The minimum absolute atomic E-state index is 0.754. The van der Waals surface area contributed by atoms with Gasteiger partial charge >= 0.3 is 0 Å². The molecule has 0 saturated heterocycles. The molecule has 5 nitrogen and oxygen atoms in total. The third-order valence-corrected chi connectivity index (χ3v) is 4.43. The summed E-state index contributed by atoms with van der Waals surface area (Å²) in [7, 11) is 1.94. The second-order valence-electron chi connectivity index (χ2n) is 6.29. The smallest absolute Gasteiger partial charge is 0.162 e. The summed E-state index contributed by atoms with van der Waals surface area (Å²) >= 11 is 0. The maximum Gasteiger partial charge on any atom is 0.162 e. The molecule has 5 heteroatoms. The lowest BCUT2D eigenvalue weighted by molar-refractivity contribution is 0.764. The first-order valence-electron chi connectivity index (χ1n) is 8.79. The third-order valence-electron chi connectivity index (χ3n) is 4.43. The van der Waals surface area contributed by atoms with Gasteiger partial charge in [-0.1, -0.05) is 42.5 Å². The quantitative estimate of drug-likeness (QED) is 0.548. The lowest BCUT2D eigenvalue weighted by Gasteiger charge is -2.23. The van der Waals surface area contributed by atoms with E-state index in [1.54, 1.807) is 0 Å². The van der Waals surface area contributed by atoms with Crippen molar-refractivity contribution in [3.8, 4) is 11.4 Å². The molecule has 130 valence electrons. The van der Waals surface area contributed by atoms with Gasteiger partial charge in [0.15, 0.2) is 5.82 Å². The Kier molecular flexibility index (Phi) is 4.35. The average molecular weight is 343 g/mol. The number of nitrogens with zero attached hydrogens (tertiary/aromatic N) is 5. The van der Waals surface area contributed by atoms with Crippen molar-refractivity contribution in [1.29, 1.82) is 0 Å². The molecule has 0 radical (unpaired) electrons. The van der Waals surface area contributed by atoms with Crippen LogP contribution in [0.2, 0.25) is 0 Å². The molecular formula is C21H21N5. The fourth-order valence-corrected chi connectivity index (χ4v) is 3.13. The molecule has 0 bridgehead atoms. The average Bonchev–Trinajstić information content (AvgIpc) is 3.11. The van der Waals surface area contributed by atoms with Gasteiger partial charge in [0.05, 0.1) is 11.7 Å². The summed E-state index contributed by atoms with van der Waals surface area (Å²) in [6, 6.07) is 18.3. The van der Waals surface area contributed by atoms with Crippen molar-refractivity contribution >= 4 is 16.7 Å². The van der Waals surface area contributed by atoms with E-state index in [2.05, 4.69) is 23.0 Å². The highest BCUT2D eigenvalue weighted by atomic mass is 15.3. The first kappa shape index (κ1) is 16.3. The van der Waals surface area contributed by atoms with Crippen LogP contribution in [0.25, 0.3) is 22.3 Å². The number of rotatable bonds is 5. The van der Waals surface area contributed by atoms with Gasteiger partial charge in [0.25, 0.3) is 0 Å². The van der Waals surface area contributed by atoms with Crippen molar-refractivity contribution in [2.75, 3.05) is 11.4 Å². The Morgan fingerprint density at radius 2 is 1.73 bits per heavy atom. The molecule has 0 atom stereocenters. The Balaban J connectivity index is 1.83. The molecule has 0 fully saturated rings. The van der Waals surface area contributed by atoms with Crippen molar-refractivity contribution in [3.05, 3.63) is 72.6 Å². The summed E-state index contributed by atoms with van der Waals surface area (Å²) in [5.74, 6) is 1.71. The number of aryl methyl sites for hydroxylation is 1. The Morgan fingerprint density at radius 1 is 0.962 bits per heavy atom. The van der Waals surface area contributed by atoms with E-state index in [1.807, 2.05) is 72.7 Å². The molecule has 0 amide bonds. The normalized spacial score (nSPS) is 11.0. The van der Waals surface area contributed by atoms with Crippen LogP contribution in [-0.4, -0.2) is 26.3 Å². The summed E-state index contributed by atoms with van der Waals surface area (Å²) in [6.45, 7) is 3.76. The van der Waals surface area contributed by atoms with Crippen LogP contribution >= 0.6 is 0 Å². The highest BCUT2D eigenvalue weighted by Crippen LogP contribution is 2.28. The largest absolute Gasteiger partial charge is 0.352 e. The van der Waals surface area contributed by atoms with Gasteiger partial charge in [0, 0.05) is 42.8 Å². The third kappa shape index (κ3) is 3.16. The number of hydrogen-bond donors (Lipinski definition) is 0. The summed E-state index contributed by atoms with van der Waals surface area (Å²) in [4.78, 5) is 12.0. The van der Waals surface area contributed by atoms with Crippen LogP contribution in [0.1, 0.15) is 12.5 Å². The van der Waals surface area contributed by atoms with Gasteiger partial charge < -0.3 is 4.90 Å². The number of fused-ring (bicyclic) bond motifs is 1. The second-order valence-corrected chi connectivity index (χ2v) is 6.29. The zero-order valence-electron chi connectivity index (χ0n) is 15.0. The van der Waals surface area contributed by atoms with E-state index in [0.717, 1.165) is 41.2 Å². The molecule has 0 aliphatic carbocycles. The van der Waals surface area contributed by atoms with Crippen molar-refractivity contribution in [2.24, 2.45) is 7.05 Å². The van der Waals surface area contributed by atoms with Crippen LogP contribution < -0.4 is 4.90 Å². The van der Waals surface area contributed by atoms with Gasteiger partial charge in [0.2, 0.25) is 0 Å². The van der Waals surface area contributed by atoms with E-state index >= 15 is 0 Å². The Hall–Kier alpha value is -3.21. The zero-order valence-corrected chi connectivity index (χ0v) is 15.0. The lowest BCUT2D eigenvalue weighted by atomic mass is 10.1. The topological polar surface area (TPSA) is 46.8 Å². The number of benzene rings is 2. The van der Waals surface area contributed by atoms with E-state index in [-0.39, 0.29) is 0 Å². The van der Waals surface area contributed by atoms with Crippen molar-refractivity contribution in [2.45, 2.75) is 13.5 Å². The number of para-hydroxylation sites is 1. The maximum atomic E-state index is 4.93. The molecule has 2 heterocycles. The van der Waals surface area contributed by atoms with Gasteiger partial charge in [-0.2, -0.15) is 5.10 Å². The first-order chi connectivity index (χ1) is 12.7. The van der Waals surface area contributed by atoms with Crippen LogP contribution in [0.5, 0.6) is 0 Å². The molecule has 0 aliphatic rings. The molecule has 0 N–H and O–H groups in total. The predicted molar refractivity (Wildman–Crippen MR) is 105 cm³/mol. The fraction of sp³-hybridized carbons (Fsp3) is 0.190. The molecule has 26 heavy (non-hydrogen) atoms. The molecule has 4 aromatic rings. The van der Waals surface area contributed by atoms with Gasteiger partial charge in [-0.25, -0.2) is 9.97 Å². The minimum atomic E-state index is 0.754. The van der Waals surface area contributed by atoms with Crippen molar-refractivity contribution in [1.82, 2.24) is 19.7 Å². The number of aromatic nitrogens is 4. The van der Waals surface area contributed by atoms with Crippen LogP contribution in [0.3, 0.4) is 0 Å². The molecular weight excluding hydrogens is 322 g/mol. The summed E-state index contributed by atoms with van der Waals surface area (Å²) in [6.07, 6.45) is 3.95. The van der Waals surface area contributed by atoms with Crippen LogP contribution in [-0.2, 0) is 13.6 Å². The molecule has 2 aromatic heterocycles. The second kappa shape index (κ2) is 6.96. The van der Waals surface area contributed by atoms with Crippen LogP contribution in [0.4, 0.5) is 5.82 Å². The standard InChI is InChI=1S/C21H21N5/c1-3-26(15-16-13-22-25(2)14-16)21-18-11-7-8-12-19(18)23-20(24-21)17-9-5-4-6-10-17/h4-14H,3,15H2,1-2H3. The van der Waals surface area contributed by atoms with Crippen LogP contribution in [0, 0.1) is 0 Å². The van der Waals surface area contributed by atoms with Crippen molar-refractivity contribution in [3.63, 3.8) is 0 Å². The highest BCUT2D eigenvalue weighted by molar-refractivity contribution is 5.91. The highest BCUT2D eigenvalue weighted by Gasteiger charge is 2.15. The number of anilines is 1. The number of hydrogen-bond acceptors (Lipinski definition) is 4. The SMILES string of the molecule is CCN(Cc1cnn(C)c1)c1nc(-c2ccccc2)nc2ccccc12. The van der Waals surface area contributed by atoms with E-state index in [1.165, 1.54) is 5.56 Å². The molecule has 4 rings (SSSR count). The molecule has 2 aromatic carbocycles. The van der Waals surface area contributed by atoms with Gasteiger partial charge in [0.1, 0.15) is 5.82 Å². The molecule has 0 saturated carbocycles. The summed E-state index contributed by atoms with van der Waals surface area (Å²) in [5, 5.41) is 5.35. The van der Waals surface area contributed by atoms with E-state index in [9.17, 15) is 0 Å². The Labute approximate surface area is 152 Å². The molecule has 0 unspecified atom stereocenters. The van der Waals surface area contributed by atoms with Gasteiger partial charge in [-0.05, 0) is 19.1 Å². The maximum absolute atomic E-state index is 4.93. The van der Waals surface area contributed by atoms with E-state index in [4.69, 9.17) is 9.97 Å². The molecule has 0 aliphatic heterocycles. The minimum Gasteiger partial charge on any atom is -0.352 e. The predicted octanol–water partition coefficient (Wildman–Crippen LogP) is 4.06.